The summed E-state index contributed by atoms with van der Waals surface area (Å²) in [6.45, 7) is 2.86. The predicted octanol–water partition coefficient (Wildman–Crippen LogP) is 3.74. The van der Waals surface area contributed by atoms with Crippen LogP contribution in [0.5, 0.6) is 5.75 Å². The SMILES string of the molecule is CCc1nccn1-c1cccc(C2CCCN2C(=O)Cc2ccc(OC)cc2)n1. The number of carbonyl (C=O) groups excluding carboxylic acids is 1. The first-order chi connectivity index (χ1) is 14.2. The van der Waals surface area contributed by atoms with E-state index >= 15 is 0 Å². The molecule has 0 bridgehead atoms. The van der Waals surface area contributed by atoms with Gasteiger partial charge in [-0.25, -0.2) is 9.97 Å². The van der Waals surface area contributed by atoms with Gasteiger partial charge in [-0.1, -0.05) is 25.1 Å². The number of likely N-dealkylation sites (tertiary alicyclic amines) is 1. The van der Waals surface area contributed by atoms with Gasteiger partial charge in [-0.3, -0.25) is 9.36 Å². The Hall–Kier alpha value is -3.15. The number of rotatable bonds is 6. The molecule has 1 fully saturated rings. The Morgan fingerprint density at radius 2 is 2.03 bits per heavy atom. The zero-order valence-corrected chi connectivity index (χ0v) is 16.9. The van der Waals surface area contributed by atoms with Crippen LogP contribution in [0, 0.1) is 0 Å². The van der Waals surface area contributed by atoms with Gasteiger partial charge < -0.3 is 9.64 Å². The molecule has 0 N–H and O–H groups in total. The lowest BCUT2D eigenvalue weighted by molar-refractivity contribution is -0.131. The maximum absolute atomic E-state index is 13.0. The number of nitrogens with zero attached hydrogens (tertiary/aromatic N) is 4. The minimum atomic E-state index is 0.0225. The maximum atomic E-state index is 13.0. The second-order valence-electron chi connectivity index (χ2n) is 7.26. The third kappa shape index (κ3) is 4.01. The molecule has 0 aliphatic carbocycles. The molecule has 1 atom stereocenters. The molecule has 29 heavy (non-hydrogen) atoms. The second-order valence-corrected chi connectivity index (χ2v) is 7.26. The van der Waals surface area contributed by atoms with Gasteiger partial charge >= 0.3 is 0 Å². The molecule has 150 valence electrons. The maximum Gasteiger partial charge on any atom is 0.227 e. The fourth-order valence-electron chi connectivity index (χ4n) is 3.96. The van der Waals surface area contributed by atoms with E-state index in [1.807, 2.05) is 58.1 Å². The van der Waals surface area contributed by atoms with Crippen LogP contribution in [0.1, 0.15) is 42.9 Å². The van der Waals surface area contributed by atoms with Crippen LogP contribution in [0.4, 0.5) is 0 Å². The van der Waals surface area contributed by atoms with E-state index in [0.29, 0.717) is 6.42 Å². The van der Waals surface area contributed by atoms with E-state index in [9.17, 15) is 4.79 Å². The lowest BCUT2D eigenvalue weighted by atomic mass is 10.1. The molecule has 1 aliphatic heterocycles. The number of aromatic nitrogens is 3. The Morgan fingerprint density at radius 3 is 2.79 bits per heavy atom. The zero-order valence-electron chi connectivity index (χ0n) is 16.9. The van der Waals surface area contributed by atoms with Crippen LogP contribution < -0.4 is 4.74 Å². The van der Waals surface area contributed by atoms with Gasteiger partial charge in [0, 0.05) is 25.4 Å². The van der Waals surface area contributed by atoms with E-state index in [-0.39, 0.29) is 11.9 Å². The van der Waals surface area contributed by atoms with E-state index in [4.69, 9.17) is 9.72 Å². The number of ether oxygens (including phenoxy) is 1. The number of benzene rings is 1. The van der Waals surface area contributed by atoms with E-state index in [2.05, 4.69) is 11.9 Å². The highest BCUT2D eigenvalue weighted by Gasteiger charge is 2.31. The molecule has 6 heteroatoms. The number of hydrogen-bond donors (Lipinski definition) is 0. The molecule has 1 amide bonds. The van der Waals surface area contributed by atoms with Gasteiger partial charge in [0.2, 0.25) is 5.91 Å². The molecule has 1 aromatic carbocycles. The van der Waals surface area contributed by atoms with Crippen molar-refractivity contribution in [3.05, 3.63) is 71.9 Å². The highest BCUT2D eigenvalue weighted by atomic mass is 16.5. The Labute approximate surface area is 171 Å². The summed E-state index contributed by atoms with van der Waals surface area (Å²) in [5, 5.41) is 0. The quantitative estimate of drug-likeness (QED) is 0.643. The molecule has 2 aromatic heterocycles. The number of methoxy groups -OCH3 is 1. The first-order valence-electron chi connectivity index (χ1n) is 10.1. The highest BCUT2D eigenvalue weighted by molar-refractivity contribution is 5.79. The fraction of sp³-hybridized carbons (Fsp3) is 0.348. The van der Waals surface area contributed by atoms with Crippen molar-refractivity contribution in [2.75, 3.05) is 13.7 Å². The van der Waals surface area contributed by atoms with Crippen molar-refractivity contribution in [3.63, 3.8) is 0 Å². The van der Waals surface area contributed by atoms with Crippen molar-refractivity contribution in [2.24, 2.45) is 0 Å². The van der Waals surface area contributed by atoms with Crippen LogP contribution >= 0.6 is 0 Å². The van der Waals surface area contributed by atoms with Crippen molar-refractivity contribution in [2.45, 2.75) is 38.6 Å². The number of hydrogen-bond acceptors (Lipinski definition) is 4. The molecule has 3 aromatic rings. The summed E-state index contributed by atoms with van der Waals surface area (Å²) in [5.74, 6) is 2.77. The Bertz CT molecular complexity index is 981. The summed E-state index contributed by atoms with van der Waals surface area (Å²) in [6, 6.07) is 13.7. The van der Waals surface area contributed by atoms with E-state index in [1.165, 1.54) is 0 Å². The lowest BCUT2D eigenvalue weighted by Gasteiger charge is -2.25. The molecule has 3 heterocycles. The third-order valence-electron chi connectivity index (χ3n) is 5.47. The summed E-state index contributed by atoms with van der Waals surface area (Å²) < 4.78 is 7.21. The minimum absolute atomic E-state index is 0.0225. The molecule has 0 saturated carbocycles. The van der Waals surface area contributed by atoms with Crippen molar-refractivity contribution >= 4 is 5.91 Å². The largest absolute Gasteiger partial charge is 0.497 e. The first-order valence-corrected chi connectivity index (χ1v) is 10.1. The lowest BCUT2D eigenvalue weighted by Crippen LogP contribution is -2.32. The predicted molar refractivity (Wildman–Crippen MR) is 111 cm³/mol. The standard InChI is InChI=1S/C23H26N4O2/c1-3-21-24-13-15-27(21)22-8-4-6-19(25-22)20-7-5-14-26(20)23(28)16-17-9-11-18(29-2)12-10-17/h4,6,8-13,15,20H,3,5,7,14,16H2,1-2H3. The molecule has 4 rings (SSSR count). The number of imidazole rings is 1. The second kappa shape index (κ2) is 8.47. The number of amides is 1. The van der Waals surface area contributed by atoms with Crippen LogP contribution in [0.15, 0.2) is 54.9 Å². The van der Waals surface area contributed by atoms with Crippen LogP contribution in [-0.4, -0.2) is 39.0 Å². The minimum Gasteiger partial charge on any atom is -0.497 e. The topological polar surface area (TPSA) is 60.2 Å². The van der Waals surface area contributed by atoms with Gasteiger partial charge in [0.25, 0.3) is 0 Å². The average Bonchev–Trinajstić information content (AvgIpc) is 3.44. The monoisotopic (exact) mass is 390 g/mol. The van der Waals surface area contributed by atoms with Crippen LogP contribution in [-0.2, 0) is 17.6 Å². The van der Waals surface area contributed by atoms with Gasteiger partial charge in [-0.05, 0) is 42.7 Å². The number of carbonyl (C=O) groups is 1. The molecule has 1 saturated heterocycles. The van der Waals surface area contributed by atoms with Crippen molar-refractivity contribution < 1.29 is 9.53 Å². The Morgan fingerprint density at radius 1 is 1.21 bits per heavy atom. The summed E-state index contributed by atoms with van der Waals surface area (Å²) in [5.41, 5.74) is 1.94. The number of aryl methyl sites for hydroxylation is 1. The van der Waals surface area contributed by atoms with Gasteiger partial charge in [0.15, 0.2) is 0 Å². The van der Waals surface area contributed by atoms with Crippen LogP contribution in [0.25, 0.3) is 5.82 Å². The fourth-order valence-corrected chi connectivity index (χ4v) is 3.96. The summed E-state index contributed by atoms with van der Waals surface area (Å²) >= 11 is 0. The van der Waals surface area contributed by atoms with Gasteiger partial charge in [-0.2, -0.15) is 0 Å². The van der Waals surface area contributed by atoms with E-state index in [1.54, 1.807) is 13.3 Å². The van der Waals surface area contributed by atoms with Gasteiger partial charge in [-0.15, -0.1) is 0 Å². The highest BCUT2D eigenvalue weighted by Crippen LogP contribution is 2.32. The van der Waals surface area contributed by atoms with Gasteiger partial charge in [0.1, 0.15) is 17.4 Å². The normalized spacial score (nSPS) is 16.2. The molecule has 6 nitrogen and oxygen atoms in total. The molecule has 0 spiro atoms. The molecule has 0 radical (unpaired) electrons. The zero-order chi connectivity index (χ0) is 20.2. The van der Waals surface area contributed by atoms with Crippen LogP contribution in [0.3, 0.4) is 0 Å². The summed E-state index contributed by atoms with van der Waals surface area (Å²) in [7, 11) is 1.64. The average molecular weight is 390 g/mol. The molecule has 1 unspecified atom stereocenters. The Balaban J connectivity index is 1.53. The summed E-state index contributed by atoms with van der Waals surface area (Å²) in [6.07, 6.45) is 6.90. The van der Waals surface area contributed by atoms with E-state index in [0.717, 1.165) is 54.5 Å². The van der Waals surface area contributed by atoms with Crippen molar-refractivity contribution in [1.29, 1.82) is 0 Å². The van der Waals surface area contributed by atoms with Crippen molar-refractivity contribution in [1.82, 2.24) is 19.4 Å². The van der Waals surface area contributed by atoms with Crippen molar-refractivity contribution in [3.8, 4) is 11.6 Å². The molecular formula is C23H26N4O2. The van der Waals surface area contributed by atoms with Crippen LogP contribution in [0.2, 0.25) is 0 Å². The first kappa shape index (κ1) is 19.2. The van der Waals surface area contributed by atoms with Gasteiger partial charge in [0.05, 0.1) is 25.3 Å². The third-order valence-corrected chi connectivity index (χ3v) is 5.47. The summed E-state index contributed by atoms with van der Waals surface area (Å²) in [4.78, 5) is 24.3. The molecule has 1 aliphatic rings. The molecular weight excluding hydrogens is 364 g/mol. The smallest absolute Gasteiger partial charge is 0.227 e. The Kier molecular flexibility index (Phi) is 5.60. The number of pyridine rings is 1. The van der Waals surface area contributed by atoms with E-state index < -0.39 is 0 Å².